The lowest BCUT2D eigenvalue weighted by Crippen LogP contribution is -2.26. The summed E-state index contributed by atoms with van der Waals surface area (Å²) in [6.45, 7) is 1.82. The molecule has 1 aromatic rings. The summed E-state index contributed by atoms with van der Waals surface area (Å²) in [5.41, 5.74) is -0.0525. The fraction of sp³-hybridized carbons (Fsp3) is 0.375. The molecule has 0 saturated heterocycles. The lowest BCUT2D eigenvalue weighted by atomic mass is 10.0. The summed E-state index contributed by atoms with van der Waals surface area (Å²) in [5, 5.41) is 8.54. The van der Waals surface area contributed by atoms with E-state index in [1.165, 1.54) is 30.2 Å². The van der Waals surface area contributed by atoms with Crippen LogP contribution in [0.2, 0.25) is 0 Å². The highest BCUT2D eigenvalue weighted by Crippen LogP contribution is 2.30. The summed E-state index contributed by atoms with van der Waals surface area (Å²) in [6.07, 6.45) is -2.92. The lowest BCUT2D eigenvalue weighted by Gasteiger charge is -2.15. The number of aliphatic carboxylic acids is 1. The summed E-state index contributed by atoms with van der Waals surface area (Å²) in [7, 11) is 1.51. The van der Waals surface area contributed by atoms with Crippen LogP contribution in [0.1, 0.15) is 30.9 Å². The molecule has 23 heavy (non-hydrogen) atoms. The van der Waals surface area contributed by atoms with Gasteiger partial charge >= 0.3 is 12.1 Å². The first-order valence-electron chi connectivity index (χ1n) is 6.94. The Morgan fingerprint density at radius 1 is 1.30 bits per heavy atom. The van der Waals surface area contributed by atoms with Crippen LogP contribution in [0.4, 0.5) is 13.2 Å². The Labute approximate surface area is 132 Å². The van der Waals surface area contributed by atoms with Gasteiger partial charge in [-0.15, -0.1) is 0 Å². The van der Waals surface area contributed by atoms with Crippen molar-refractivity contribution in [1.29, 1.82) is 0 Å². The molecule has 0 radical (unpaired) electrons. The minimum atomic E-state index is -4.44. The number of carboxylic acids is 1. The number of carbonyl (C=O) groups is 2. The van der Waals surface area contributed by atoms with Crippen LogP contribution in [0.25, 0.3) is 5.57 Å². The molecule has 1 N–H and O–H groups in total. The number of likely N-dealkylation sites (N-methyl/N-ethyl adjacent to an activating group) is 1. The van der Waals surface area contributed by atoms with E-state index in [4.69, 9.17) is 5.11 Å². The predicted octanol–water partition coefficient (Wildman–Crippen LogP) is 3.43. The molecule has 1 aromatic carbocycles. The Morgan fingerprint density at radius 2 is 1.96 bits per heavy atom. The molecule has 4 nitrogen and oxygen atoms in total. The number of alkyl halides is 3. The fourth-order valence-corrected chi connectivity index (χ4v) is 1.90. The zero-order valence-corrected chi connectivity index (χ0v) is 12.9. The van der Waals surface area contributed by atoms with Crippen molar-refractivity contribution in [2.75, 3.05) is 13.6 Å². The third-order valence-corrected chi connectivity index (χ3v) is 3.25. The van der Waals surface area contributed by atoms with Gasteiger partial charge in [0.1, 0.15) is 0 Å². The monoisotopic (exact) mass is 329 g/mol. The molecular formula is C16H18F3NO3. The molecule has 0 atom stereocenters. The van der Waals surface area contributed by atoms with E-state index in [2.05, 4.69) is 0 Å². The Bertz CT molecular complexity index is 609. The van der Waals surface area contributed by atoms with E-state index in [9.17, 15) is 22.8 Å². The number of rotatable bonds is 6. The number of carbonyl (C=O) groups excluding carboxylic acids is 1. The smallest absolute Gasteiger partial charge is 0.416 e. The molecule has 0 heterocycles. The van der Waals surface area contributed by atoms with Gasteiger partial charge < -0.3 is 10.0 Å². The molecule has 0 aliphatic carbocycles. The molecule has 0 unspecified atom stereocenters. The molecule has 1 rings (SSSR count). The second-order valence-corrected chi connectivity index (χ2v) is 5.16. The van der Waals surface area contributed by atoms with Gasteiger partial charge in [-0.05, 0) is 36.6 Å². The Morgan fingerprint density at radius 3 is 2.52 bits per heavy atom. The third-order valence-electron chi connectivity index (χ3n) is 3.25. The highest BCUT2D eigenvalue weighted by molar-refractivity contribution is 5.94. The minimum Gasteiger partial charge on any atom is -0.481 e. The third kappa shape index (κ3) is 6.14. The molecule has 1 amide bonds. The van der Waals surface area contributed by atoms with Gasteiger partial charge in [-0.3, -0.25) is 9.59 Å². The second kappa shape index (κ2) is 7.80. The first kappa shape index (κ1) is 18.7. The van der Waals surface area contributed by atoms with E-state index in [0.717, 1.165) is 12.1 Å². The lowest BCUT2D eigenvalue weighted by molar-refractivity contribution is -0.138. The zero-order chi connectivity index (χ0) is 17.6. The summed E-state index contributed by atoms with van der Waals surface area (Å²) in [6, 6.07) is 4.75. The van der Waals surface area contributed by atoms with Crippen molar-refractivity contribution < 1.29 is 27.9 Å². The molecule has 7 heteroatoms. The highest BCUT2D eigenvalue weighted by atomic mass is 19.4. The molecule has 0 bridgehead atoms. The first-order valence-corrected chi connectivity index (χ1v) is 6.94. The molecule has 0 spiro atoms. The van der Waals surface area contributed by atoms with Crippen molar-refractivity contribution in [3.8, 4) is 0 Å². The van der Waals surface area contributed by atoms with E-state index >= 15 is 0 Å². The van der Waals surface area contributed by atoms with Crippen molar-refractivity contribution in [2.45, 2.75) is 25.9 Å². The maximum Gasteiger partial charge on any atom is 0.416 e. The Balaban J connectivity index is 2.79. The van der Waals surface area contributed by atoms with Crippen molar-refractivity contribution >= 4 is 17.4 Å². The van der Waals surface area contributed by atoms with Gasteiger partial charge in [0.2, 0.25) is 5.91 Å². The van der Waals surface area contributed by atoms with Crippen LogP contribution < -0.4 is 0 Å². The number of allylic oxidation sites excluding steroid dienone is 1. The van der Waals surface area contributed by atoms with Crippen LogP contribution >= 0.6 is 0 Å². The van der Waals surface area contributed by atoms with E-state index in [-0.39, 0.29) is 18.9 Å². The van der Waals surface area contributed by atoms with Crippen molar-refractivity contribution in [3.05, 3.63) is 41.5 Å². The van der Waals surface area contributed by atoms with Crippen LogP contribution in [0, 0.1) is 0 Å². The second-order valence-electron chi connectivity index (χ2n) is 5.16. The van der Waals surface area contributed by atoms with E-state index in [1.807, 2.05) is 0 Å². The standard InChI is InChI=1S/C16H18F3NO3/c1-11(9-14(21)20(2)8-4-7-15(22)23)12-5-3-6-13(10-12)16(17,18)19/h3,5-6,9-10H,4,7-8H2,1-2H3,(H,22,23)/b11-9+. The largest absolute Gasteiger partial charge is 0.481 e. The molecular weight excluding hydrogens is 311 g/mol. The van der Waals surface area contributed by atoms with Crippen LogP contribution in [0.15, 0.2) is 30.3 Å². The molecule has 126 valence electrons. The summed E-state index contributed by atoms with van der Waals surface area (Å²) in [5.74, 6) is -1.33. The number of hydrogen-bond acceptors (Lipinski definition) is 2. The average Bonchev–Trinajstić information content (AvgIpc) is 2.45. The molecule has 0 aliphatic heterocycles. The van der Waals surface area contributed by atoms with E-state index in [0.29, 0.717) is 17.6 Å². The van der Waals surface area contributed by atoms with Gasteiger partial charge in [-0.1, -0.05) is 12.1 Å². The number of hydrogen-bond donors (Lipinski definition) is 1. The number of amides is 1. The van der Waals surface area contributed by atoms with Crippen molar-refractivity contribution in [3.63, 3.8) is 0 Å². The molecule has 0 saturated carbocycles. The van der Waals surface area contributed by atoms with Crippen LogP contribution in [0.5, 0.6) is 0 Å². The average molecular weight is 329 g/mol. The van der Waals surface area contributed by atoms with Gasteiger partial charge in [-0.2, -0.15) is 13.2 Å². The quantitative estimate of drug-likeness (QED) is 0.814. The number of carboxylic acid groups (broad SMARTS) is 1. The van der Waals surface area contributed by atoms with Gasteiger partial charge in [0.25, 0.3) is 0 Å². The van der Waals surface area contributed by atoms with E-state index < -0.39 is 17.7 Å². The topological polar surface area (TPSA) is 57.6 Å². The number of halogens is 3. The number of nitrogens with zero attached hydrogens (tertiary/aromatic N) is 1. The van der Waals surface area contributed by atoms with Gasteiger partial charge in [-0.25, -0.2) is 0 Å². The highest BCUT2D eigenvalue weighted by Gasteiger charge is 2.30. The van der Waals surface area contributed by atoms with Crippen molar-refractivity contribution in [1.82, 2.24) is 4.90 Å². The van der Waals surface area contributed by atoms with Crippen molar-refractivity contribution in [2.24, 2.45) is 0 Å². The minimum absolute atomic E-state index is 0.0477. The first-order chi connectivity index (χ1) is 10.6. The Hall–Kier alpha value is -2.31. The SMILES string of the molecule is C/C(=C\C(=O)N(C)CCCC(=O)O)c1cccc(C(F)(F)F)c1. The van der Waals surface area contributed by atoms with Gasteiger partial charge in [0, 0.05) is 26.1 Å². The van der Waals surface area contributed by atoms with Gasteiger partial charge in [0.05, 0.1) is 5.56 Å². The van der Waals surface area contributed by atoms with E-state index in [1.54, 1.807) is 6.92 Å². The molecule has 0 aliphatic rings. The van der Waals surface area contributed by atoms with Crippen LogP contribution in [-0.2, 0) is 15.8 Å². The summed E-state index contributed by atoms with van der Waals surface area (Å²) in [4.78, 5) is 23.7. The normalized spacial score (nSPS) is 12.1. The maximum absolute atomic E-state index is 12.7. The number of benzene rings is 1. The van der Waals surface area contributed by atoms with Gasteiger partial charge in [0.15, 0.2) is 0 Å². The molecule has 0 aromatic heterocycles. The van der Waals surface area contributed by atoms with Crippen LogP contribution in [-0.4, -0.2) is 35.5 Å². The maximum atomic E-state index is 12.7. The summed E-state index contributed by atoms with van der Waals surface area (Å²) < 4.78 is 38.1. The summed E-state index contributed by atoms with van der Waals surface area (Å²) >= 11 is 0. The Kier molecular flexibility index (Phi) is 6.36. The zero-order valence-electron chi connectivity index (χ0n) is 12.9. The fourth-order valence-electron chi connectivity index (χ4n) is 1.90. The van der Waals surface area contributed by atoms with Crippen LogP contribution in [0.3, 0.4) is 0 Å². The molecule has 0 fully saturated rings. The predicted molar refractivity (Wildman–Crippen MR) is 79.6 cm³/mol.